The van der Waals surface area contributed by atoms with E-state index < -0.39 is 51.0 Å². The van der Waals surface area contributed by atoms with Gasteiger partial charge in [0.05, 0.1) is 10.5 Å². The molecule has 0 aliphatic carbocycles. The lowest BCUT2D eigenvalue weighted by Crippen LogP contribution is -2.65. The summed E-state index contributed by atoms with van der Waals surface area (Å²) >= 11 is 0. The van der Waals surface area contributed by atoms with Gasteiger partial charge in [0, 0.05) is 19.5 Å². The highest BCUT2D eigenvalue weighted by molar-refractivity contribution is 6.09. The standard InChI is InChI=1S/C21H18F3N3O4/c1-3-21(11-12-4-6-13(22)7-5-12)20(29)26(2)17(19(28)25-21)10-14-16(27(30)31)9-8-15(23)18(14)24/h4-10H,3,11H2,1-2H3,(H,25,28)/b17-10+. The van der Waals surface area contributed by atoms with Gasteiger partial charge in [-0.15, -0.1) is 0 Å². The van der Waals surface area contributed by atoms with Gasteiger partial charge in [-0.25, -0.2) is 13.2 Å². The van der Waals surface area contributed by atoms with Crippen LogP contribution < -0.4 is 5.32 Å². The van der Waals surface area contributed by atoms with Crippen molar-refractivity contribution in [3.63, 3.8) is 0 Å². The largest absolute Gasteiger partial charge is 0.336 e. The fourth-order valence-corrected chi connectivity index (χ4v) is 3.50. The molecular formula is C21H18F3N3O4. The van der Waals surface area contributed by atoms with E-state index in [0.717, 1.165) is 17.0 Å². The van der Waals surface area contributed by atoms with E-state index in [9.17, 15) is 32.9 Å². The first-order valence-corrected chi connectivity index (χ1v) is 9.29. The first-order chi connectivity index (χ1) is 14.6. The lowest BCUT2D eigenvalue weighted by Gasteiger charge is -2.41. The second kappa shape index (κ2) is 8.21. The number of amides is 2. The predicted molar refractivity (Wildman–Crippen MR) is 105 cm³/mol. The van der Waals surface area contributed by atoms with Gasteiger partial charge in [-0.05, 0) is 36.3 Å². The van der Waals surface area contributed by atoms with Crippen molar-refractivity contribution in [2.45, 2.75) is 25.3 Å². The maximum absolute atomic E-state index is 14.3. The van der Waals surface area contributed by atoms with E-state index in [1.807, 2.05) is 0 Å². The molecule has 1 aliphatic rings. The van der Waals surface area contributed by atoms with E-state index >= 15 is 0 Å². The van der Waals surface area contributed by atoms with Crippen molar-refractivity contribution in [2.24, 2.45) is 0 Å². The Bertz CT molecular complexity index is 1100. The molecule has 1 saturated heterocycles. The number of nitro groups is 1. The minimum atomic E-state index is -1.51. The summed E-state index contributed by atoms with van der Waals surface area (Å²) in [6.07, 6.45) is 1.04. The summed E-state index contributed by atoms with van der Waals surface area (Å²) in [6.45, 7) is 1.68. The zero-order chi connectivity index (χ0) is 22.9. The number of nitrogens with zero attached hydrogens (tertiary/aromatic N) is 2. The van der Waals surface area contributed by atoms with E-state index in [-0.39, 0.29) is 18.5 Å². The van der Waals surface area contributed by atoms with Crippen LogP contribution in [0, 0.1) is 27.6 Å². The van der Waals surface area contributed by atoms with Crippen LogP contribution in [0.4, 0.5) is 18.9 Å². The van der Waals surface area contributed by atoms with Crippen molar-refractivity contribution in [1.29, 1.82) is 0 Å². The second-order valence-corrected chi connectivity index (χ2v) is 7.14. The number of halogens is 3. The zero-order valence-electron chi connectivity index (χ0n) is 16.6. The molecule has 1 unspecified atom stereocenters. The van der Waals surface area contributed by atoms with Crippen LogP contribution in [-0.4, -0.2) is 34.2 Å². The van der Waals surface area contributed by atoms with Crippen molar-refractivity contribution in [1.82, 2.24) is 10.2 Å². The summed E-state index contributed by atoms with van der Waals surface area (Å²) in [5, 5.41) is 13.8. The number of nitro benzene ring substituents is 1. The minimum absolute atomic E-state index is 0.0699. The third-order valence-corrected chi connectivity index (χ3v) is 5.27. The number of benzene rings is 2. The van der Waals surface area contributed by atoms with Crippen LogP contribution in [0.3, 0.4) is 0 Å². The van der Waals surface area contributed by atoms with E-state index in [4.69, 9.17) is 0 Å². The molecule has 0 saturated carbocycles. The molecule has 2 aromatic carbocycles. The SMILES string of the molecule is CCC1(Cc2ccc(F)cc2)NC(=O)/C(=C\c2c([N+](=O)[O-])ccc(F)c2F)N(C)C1=O. The van der Waals surface area contributed by atoms with Gasteiger partial charge in [0.25, 0.3) is 17.5 Å². The Hall–Kier alpha value is -3.69. The quantitative estimate of drug-likeness (QED) is 0.445. The van der Waals surface area contributed by atoms with Gasteiger partial charge < -0.3 is 10.2 Å². The fourth-order valence-electron chi connectivity index (χ4n) is 3.50. The number of rotatable bonds is 5. The van der Waals surface area contributed by atoms with Crippen LogP contribution >= 0.6 is 0 Å². The van der Waals surface area contributed by atoms with Crippen LogP contribution in [0.25, 0.3) is 6.08 Å². The number of carbonyl (C=O) groups is 2. The second-order valence-electron chi connectivity index (χ2n) is 7.14. The predicted octanol–water partition coefficient (Wildman–Crippen LogP) is 3.33. The Morgan fingerprint density at radius 3 is 2.35 bits per heavy atom. The third kappa shape index (κ3) is 4.00. The summed E-state index contributed by atoms with van der Waals surface area (Å²) in [7, 11) is 1.27. The Labute approximate surface area is 175 Å². The maximum atomic E-state index is 14.3. The summed E-state index contributed by atoms with van der Waals surface area (Å²) in [6, 6.07) is 6.82. The van der Waals surface area contributed by atoms with Gasteiger partial charge in [-0.3, -0.25) is 19.7 Å². The van der Waals surface area contributed by atoms with Crippen LogP contribution in [0.5, 0.6) is 0 Å². The number of likely N-dealkylation sites (N-methyl/N-ethyl adjacent to an activating group) is 1. The summed E-state index contributed by atoms with van der Waals surface area (Å²) in [5.41, 5.74) is -2.63. The topological polar surface area (TPSA) is 92.5 Å². The van der Waals surface area contributed by atoms with Crippen LogP contribution in [-0.2, 0) is 16.0 Å². The molecule has 0 spiro atoms. The molecule has 3 rings (SSSR count). The molecule has 2 aromatic rings. The summed E-state index contributed by atoms with van der Waals surface area (Å²) < 4.78 is 41.1. The number of piperazine rings is 1. The van der Waals surface area contributed by atoms with Crippen molar-refractivity contribution in [2.75, 3.05) is 7.05 Å². The highest BCUT2D eigenvalue weighted by Gasteiger charge is 2.46. The molecule has 7 nitrogen and oxygen atoms in total. The van der Waals surface area contributed by atoms with Crippen molar-refractivity contribution in [3.05, 3.63) is 80.8 Å². The number of hydrogen-bond donors (Lipinski definition) is 1. The van der Waals surface area contributed by atoms with Crippen molar-refractivity contribution < 1.29 is 27.7 Å². The molecule has 0 radical (unpaired) electrons. The maximum Gasteiger partial charge on any atom is 0.279 e. The molecule has 1 atom stereocenters. The highest BCUT2D eigenvalue weighted by atomic mass is 19.2. The first-order valence-electron chi connectivity index (χ1n) is 9.29. The molecule has 31 heavy (non-hydrogen) atoms. The smallest absolute Gasteiger partial charge is 0.279 e. The van der Waals surface area contributed by atoms with Gasteiger partial charge in [0.2, 0.25) is 0 Å². The lowest BCUT2D eigenvalue weighted by molar-refractivity contribution is -0.385. The van der Waals surface area contributed by atoms with E-state index in [2.05, 4.69) is 5.32 Å². The van der Waals surface area contributed by atoms with Gasteiger partial charge in [0.15, 0.2) is 11.6 Å². The summed E-state index contributed by atoms with van der Waals surface area (Å²) in [5.74, 6) is -4.63. The molecule has 2 amide bonds. The molecule has 1 heterocycles. The molecule has 162 valence electrons. The number of hydrogen-bond acceptors (Lipinski definition) is 4. The Morgan fingerprint density at radius 1 is 1.13 bits per heavy atom. The van der Waals surface area contributed by atoms with Gasteiger partial charge >= 0.3 is 0 Å². The molecular weight excluding hydrogens is 415 g/mol. The Kier molecular flexibility index (Phi) is 5.83. The Balaban J connectivity index is 2.03. The lowest BCUT2D eigenvalue weighted by atomic mass is 9.84. The van der Waals surface area contributed by atoms with Crippen LogP contribution in [0.1, 0.15) is 24.5 Å². The van der Waals surface area contributed by atoms with Crippen molar-refractivity contribution >= 4 is 23.6 Å². The molecule has 1 aliphatic heterocycles. The number of nitrogens with one attached hydrogen (secondary N) is 1. The normalized spacial score (nSPS) is 20.2. The van der Waals surface area contributed by atoms with Gasteiger partial charge in [-0.1, -0.05) is 19.1 Å². The molecule has 0 aromatic heterocycles. The van der Waals surface area contributed by atoms with Crippen LogP contribution in [0.15, 0.2) is 42.1 Å². The summed E-state index contributed by atoms with van der Waals surface area (Å²) in [4.78, 5) is 37.2. The minimum Gasteiger partial charge on any atom is -0.336 e. The molecule has 0 bridgehead atoms. The molecule has 10 heteroatoms. The zero-order valence-corrected chi connectivity index (χ0v) is 16.6. The molecule has 1 fully saturated rings. The monoisotopic (exact) mass is 433 g/mol. The first kappa shape index (κ1) is 22.0. The fraction of sp³-hybridized carbons (Fsp3) is 0.238. The third-order valence-electron chi connectivity index (χ3n) is 5.27. The van der Waals surface area contributed by atoms with E-state index in [0.29, 0.717) is 11.6 Å². The Morgan fingerprint density at radius 2 is 1.77 bits per heavy atom. The van der Waals surface area contributed by atoms with Crippen molar-refractivity contribution in [3.8, 4) is 0 Å². The van der Waals surface area contributed by atoms with E-state index in [1.165, 1.54) is 31.3 Å². The van der Waals surface area contributed by atoms with Gasteiger partial charge in [-0.2, -0.15) is 0 Å². The highest BCUT2D eigenvalue weighted by Crippen LogP contribution is 2.31. The average Bonchev–Trinajstić information content (AvgIpc) is 2.73. The molecule has 1 N–H and O–H groups in total. The van der Waals surface area contributed by atoms with E-state index in [1.54, 1.807) is 6.92 Å². The number of carbonyl (C=O) groups excluding carboxylic acids is 2. The average molecular weight is 433 g/mol. The van der Waals surface area contributed by atoms with Crippen LogP contribution in [0.2, 0.25) is 0 Å². The van der Waals surface area contributed by atoms with Gasteiger partial charge in [0.1, 0.15) is 17.1 Å².